The first kappa shape index (κ1) is 19.7. The highest BCUT2D eigenvalue weighted by Crippen LogP contribution is 2.25. The van der Waals surface area contributed by atoms with E-state index in [1.165, 1.54) is 25.3 Å². The van der Waals surface area contributed by atoms with E-state index in [0.29, 0.717) is 16.8 Å². The van der Waals surface area contributed by atoms with Crippen LogP contribution in [0.5, 0.6) is 0 Å². The van der Waals surface area contributed by atoms with Crippen LogP contribution in [-0.4, -0.2) is 33.7 Å². The lowest BCUT2D eigenvalue weighted by Crippen LogP contribution is -2.15. The largest absolute Gasteiger partial charge is 0.465 e. The lowest BCUT2D eigenvalue weighted by atomic mass is 10.1. The van der Waals surface area contributed by atoms with Gasteiger partial charge in [-0.3, -0.25) is 9.52 Å². The van der Waals surface area contributed by atoms with Gasteiger partial charge in [-0.1, -0.05) is 17.7 Å². The van der Waals surface area contributed by atoms with Crippen LogP contribution in [0.3, 0.4) is 0 Å². The quantitative estimate of drug-likeness (QED) is 0.756. The lowest BCUT2D eigenvalue weighted by molar-refractivity contribution is 0.0599. The van der Waals surface area contributed by atoms with Crippen LogP contribution < -0.4 is 10.0 Å². The standard InChI is InChI=1S/C17H17ClN2O5S/c1-10-12(17(22)25-2)5-4-6-15(10)19-16(21)13-8-7-11(9-14(13)18)20-26(3,23)24/h4-9,20H,1-3H3,(H,19,21). The third-order valence-corrected chi connectivity index (χ3v) is 4.42. The number of hydrogen-bond acceptors (Lipinski definition) is 5. The Kier molecular flexibility index (Phi) is 5.89. The van der Waals surface area contributed by atoms with Crippen molar-refractivity contribution in [1.29, 1.82) is 0 Å². The minimum absolute atomic E-state index is 0.0814. The Morgan fingerprint density at radius 2 is 1.81 bits per heavy atom. The number of halogens is 1. The van der Waals surface area contributed by atoms with Crippen molar-refractivity contribution in [1.82, 2.24) is 0 Å². The molecule has 2 rings (SSSR count). The molecule has 2 aromatic rings. The number of hydrogen-bond donors (Lipinski definition) is 2. The second-order valence-electron chi connectivity index (χ2n) is 5.49. The summed E-state index contributed by atoms with van der Waals surface area (Å²) < 4.78 is 29.5. The first-order valence-corrected chi connectivity index (χ1v) is 9.66. The third kappa shape index (κ3) is 4.74. The maximum Gasteiger partial charge on any atom is 0.338 e. The molecule has 138 valence electrons. The van der Waals surface area contributed by atoms with E-state index in [1.54, 1.807) is 25.1 Å². The van der Waals surface area contributed by atoms with Crippen LogP contribution in [-0.2, 0) is 14.8 Å². The van der Waals surface area contributed by atoms with Gasteiger partial charge in [0.1, 0.15) is 0 Å². The van der Waals surface area contributed by atoms with E-state index in [-0.39, 0.29) is 16.3 Å². The van der Waals surface area contributed by atoms with Gasteiger partial charge >= 0.3 is 5.97 Å². The smallest absolute Gasteiger partial charge is 0.338 e. The molecule has 0 unspecified atom stereocenters. The van der Waals surface area contributed by atoms with E-state index in [4.69, 9.17) is 16.3 Å². The van der Waals surface area contributed by atoms with Crippen molar-refractivity contribution in [3.05, 3.63) is 58.1 Å². The fraction of sp³-hybridized carbons (Fsp3) is 0.176. The number of nitrogens with one attached hydrogen (secondary N) is 2. The predicted octanol–water partition coefficient (Wildman–Crippen LogP) is 3.06. The Morgan fingerprint density at radius 1 is 1.12 bits per heavy atom. The Bertz CT molecular complexity index is 973. The van der Waals surface area contributed by atoms with Crippen molar-refractivity contribution in [2.24, 2.45) is 0 Å². The van der Waals surface area contributed by atoms with E-state index in [9.17, 15) is 18.0 Å². The van der Waals surface area contributed by atoms with Gasteiger partial charge in [-0.2, -0.15) is 0 Å². The van der Waals surface area contributed by atoms with Crippen LogP contribution in [0.2, 0.25) is 5.02 Å². The molecule has 9 heteroatoms. The maximum atomic E-state index is 12.5. The highest BCUT2D eigenvalue weighted by Gasteiger charge is 2.16. The molecular formula is C17H17ClN2O5S. The maximum absolute atomic E-state index is 12.5. The molecule has 2 N–H and O–H groups in total. The minimum atomic E-state index is -3.45. The monoisotopic (exact) mass is 396 g/mol. The molecule has 0 atom stereocenters. The Hall–Kier alpha value is -2.58. The number of amides is 1. The third-order valence-electron chi connectivity index (χ3n) is 3.50. The molecule has 0 spiro atoms. The number of esters is 1. The number of carbonyl (C=O) groups is 2. The summed E-state index contributed by atoms with van der Waals surface area (Å²) in [5, 5.41) is 2.77. The van der Waals surface area contributed by atoms with E-state index in [0.717, 1.165) is 6.26 Å². The SMILES string of the molecule is COC(=O)c1cccc(NC(=O)c2ccc(NS(C)(=O)=O)cc2Cl)c1C. The summed E-state index contributed by atoms with van der Waals surface area (Å²) in [5.41, 5.74) is 1.74. The van der Waals surface area contributed by atoms with Crippen molar-refractivity contribution >= 4 is 44.9 Å². The van der Waals surface area contributed by atoms with E-state index in [2.05, 4.69) is 10.0 Å². The molecule has 0 radical (unpaired) electrons. The molecule has 0 bridgehead atoms. The normalized spacial score (nSPS) is 10.9. The summed E-state index contributed by atoms with van der Waals surface area (Å²) in [6, 6.07) is 9.04. The van der Waals surface area contributed by atoms with E-state index in [1.807, 2.05) is 0 Å². The molecule has 0 saturated carbocycles. The molecule has 0 aliphatic heterocycles. The predicted molar refractivity (Wildman–Crippen MR) is 100 cm³/mol. The summed E-state index contributed by atoms with van der Waals surface area (Å²) in [5.74, 6) is -1.00. The average Bonchev–Trinajstić information content (AvgIpc) is 2.54. The summed E-state index contributed by atoms with van der Waals surface area (Å²) in [7, 11) is -2.17. The molecule has 0 saturated heterocycles. The second kappa shape index (κ2) is 7.76. The minimum Gasteiger partial charge on any atom is -0.465 e. The fourth-order valence-corrected chi connectivity index (χ4v) is 3.09. The highest BCUT2D eigenvalue weighted by atomic mass is 35.5. The first-order chi connectivity index (χ1) is 12.1. The van der Waals surface area contributed by atoms with E-state index >= 15 is 0 Å². The van der Waals surface area contributed by atoms with Gasteiger partial charge in [-0.25, -0.2) is 13.2 Å². The van der Waals surface area contributed by atoms with Gasteiger partial charge in [0.25, 0.3) is 5.91 Å². The van der Waals surface area contributed by atoms with Gasteiger partial charge in [0.2, 0.25) is 10.0 Å². The number of ether oxygens (including phenoxy) is 1. The number of benzene rings is 2. The van der Waals surface area contributed by atoms with Gasteiger partial charge in [-0.15, -0.1) is 0 Å². The molecule has 1 amide bonds. The van der Waals surface area contributed by atoms with Gasteiger partial charge in [0.05, 0.1) is 29.5 Å². The number of methoxy groups -OCH3 is 1. The molecule has 0 aliphatic rings. The van der Waals surface area contributed by atoms with Crippen LogP contribution in [0.25, 0.3) is 0 Å². The van der Waals surface area contributed by atoms with Crippen molar-refractivity contribution < 1.29 is 22.7 Å². The fourth-order valence-electron chi connectivity index (χ4n) is 2.27. The molecule has 0 fully saturated rings. The summed E-state index contributed by atoms with van der Waals surface area (Å²) in [6.45, 7) is 1.68. The molecule has 0 aromatic heterocycles. The number of sulfonamides is 1. The van der Waals surface area contributed by atoms with Crippen LogP contribution in [0.1, 0.15) is 26.3 Å². The number of carbonyl (C=O) groups excluding carboxylic acids is 2. The Balaban J connectivity index is 2.27. The van der Waals surface area contributed by atoms with Crippen molar-refractivity contribution in [2.45, 2.75) is 6.92 Å². The molecule has 2 aromatic carbocycles. The second-order valence-corrected chi connectivity index (χ2v) is 7.65. The van der Waals surface area contributed by atoms with Crippen LogP contribution >= 0.6 is 11.6 Å². The highest BCUT2D eigenvalue weighted by molar-refractivity contribution is 7.92. The molecule has 7 nitrogen and oxygen atoms in total. The van der Waals surface area contributed by atoms with Gasteiger partial charge in [0.15, 0.2) is 0 Å². The topological polar surface area (TPSA) is 102 Å². The van der Waals surface area contributed by atoms with Crippen molar-refractivity contribution in [2.75, 3.05) is 23.4 Å². The number of anilines is 2. The Labute approximate surface area is 156 Å². The number of rotatable bonds is 5. The summed E-state index contributed by atoms with van der Waals surface area (Å²) in [6.07, 6.45) is 1.01. The zero-order chi connectivity index (χ0) is 19.5. The van der Waals surface area contributed by atoms with Crippen molar-refractivity contribution in [3.8, 4) is 0 Å². The molecular weight excluding hydrogens is 380 g/mol. The van der Waals surface area contributed by atoms with Gasteiger partial charge in [0, 0.05) is 11.4 Å². The lowest BCUT2D eigenvalue weighted by Gasteiger charge is -2.12. The van der Waals surface area contributed by atoms with Crippen LogP contribution in [0.4, 0.5) is 11.4 Å². The average molecular weight is 397 g/mol. The van der Waals surface area contributed by atoms with Gasteiger partial charge in [-0.05, 0) is 42.8 Å². The van der Waals surface area contributed by atoms with Crippen molar-refractivity contribution in [3.63, 3.8) is 0 Å². The first-order valence-electron chi connectivity index (χ1n) is 7.39. The zero-order valence-electron chi connectivity index (χ0n) is 14.3. The van der Waals surface area contributed by atoms with Crippen LogP contribution in [0, 0.1) is 6.92 Å². The summed E-state index contributed by atoms with van der Waals surface area (Å²) >= 11 is 6.09. The summed E-state index contributed by atoms with van der Waals surface area (Å²) in [4.78, 5) is 24.2. The van der Waals surface area contributed by atoms with Crippen LogP contribution in [0.15, 0.2) is 36.4 Å². The molecule has 0 heterocycles. The Morgan fingerprint density at radius 3 is 2.38 bits per heavy atom. The molecule has 0 aliphatic carbocycles. The molecule has 26 heavy (non-hydrogen) atoms. The van der Waals surface area contributed by atoms with E-state index < -0.39 is 21.9 Å². The van der Waals surface area contributed by atoms with Gasteiger partial charge < -0.3 is 10.1 Å². The zero-order valence-corrected chi connectivity index (χ0v) is 15.9.